The van der Waals surface area contributed by atoms with Gasteiger partial charge in [0.25, 0.3) is 5.91 Å². The van der Waals surface area contributed by atoms with E-state index in [9.17, 15) is 9.59 Å². The van der Waals surface area contributed by atoms with Gasteiger partial charge in [0.1, 0.15) is 17.6 Å². The smallest absolute Gasteiger partial charge is 0.253 e. The molecule has 2 aromatic rings. The topological polar surface area (TPSA) is 79.9 Å². The average Bonchev–Trinajstić information content (AvgIpc) is 2.85. The third-order valence-corrected chi connectivity index (χ3v) is 6.99. The second kappa shape index (κ2) is 10.8. The molecule has 0 radical (unpaired) electrons. The van der Waals surface area contributed by atoms with Crippen molar-refractivity contribution in [3.05, 3.63) is 59.7 Å². The third kappa shape index (κ3) is 5.37. The normalized spacial score (nSPS) is 22.2. The van der Waals surface area contributed by atoms with Crippen molar-refractivity contribution >= 4 is 24.2 Å². The second-order valence-electron chi connectivity index (χ2n) is 9.25. The Balaban J connectivity index is 0.00000274. The highest BCUT2D eigenvalue weighted by molar-refractivity contribution is 5.85. The van der Waals surface area contributed by atoms with Crippen molar-refractivity contribution in [2.24, 2.45) is 5.41 Å². The Morgan fingerprint density at radius 2 is 1.71 bits per heavy atom. The molecular formula is C26H32ClN3O4. The minimum atomic E-state index is -0.548. The van der Waals surface area contributed by atoms with E-state index in [1.807, 2.05) is 41.3 Å². The number of rotatable bonds is 1. The van der Waals surface area contributed by atoms with Gasteiger partial charge in [0.15, 0.2) is 0 Å². The predicted octanol–water partition coefficient (Wildman–Crippen LogP) is 2.71. The first-order chi connectivity index (χ1) is 16.1. The number of fused-ring (bicyclic) bond motifs is 4. The summed E-state index contributed by atoms with van der Waals surface area (Å²) in [5, 5.41) is 6.41. The van der Waals surface area contributed by atoms with E-state index in [0.717, 1.165) is 35.6 Å². The SMILES string of the molecule is Cl.O=C(C1CNCCO1)N1CCC2(CC1)Cc1cccc(c1)Oc1cccc(c1)CCNC2=O. The fraction of sp³-hybridized carbons (Fsp3) is 0.462. The summed E-state index contributed by atoms with van der Waals surface area (Å²) >= 11 is 0. The highest BCUT2D eigenvalue weighted by Crippen LogP contribution is 2.37. The van der Waals surface area contributed by atoms with Crippen molar-refractivity contribution in [2.45, 2.75) is 31.8 Å². The van der Waals surface area contributed by atoms with Crippen LogP contribution in [0.2, 0.25) is 0 Å². The standard InChI is InChI=1S/C26H31N3O4.ClH/c30-24(23-18-27-11-14-32-23)29-12-8-26(9-13-29)17-20-4-2-6-22(16-20)33-21-5-1-3-19(15-21)7-10-28-25(26)31;/h1-6,15-16,23,27H,7-14,17-18H2,(H,28,31);1H. The number of likely N-dealkylation sites (tertiary alicyclic amines) is 1. The number of halogens is 1. The van der Waals surface area contributed by atoms with Crippen molar-refractivity contribution in [3.8, 4) is 11.5 Å². The van der Waals surface area contributed by atoms with Crippen molar-refractivity contribution in [1.82, 2.24) is 15.5 Å². The summed E-state index contributed by atoms with van der Waals surface area (Å²) in [7, 11) is 0. The minimum Gasteiger partial charge on any atom is -0.457 e. The van der Waals surface area contributed by atoms with Crippen LogP contribution in [-0.2, 0) is 27.2 Å². The maximum Gasteiger partial charge on any atom is 0.253 e. The molecule has 3 aliphatic heterocycles. The Kier molecular flexibility index (Phi) is 7.76. The van der Waals surface area contributed by atoms with E-state index in [1.165, 1.54) is 0 Å². The monoisotopic (exact) mass is 485 g/mol. The second-order valence-corrected chi connectivity index (χ2v) is 9.25. The number of carbonyl (C=O) groups is 2. The Morgan fingerprint density at radius 1 is 1.00 bits per heavy atom. The molecule has 1 atom stereocenters. The van der Waals surface area contributed by atoms with Crippen LogP contribution in [0.25, 0.3) is 0 Å². The number of nitrogens with zero attached hydrogens (tertiary/aromatic N) is 1. The summed E-state index contributed by atoms with van der Waals surface area (Å²) in [6.07, 6.45) is 2.20. The number of carbonyl (C=O) groups excluding carboxylic acids is 2. The van der Waals surface area contributed by atoms with Crippen LogP contribution in [0.5, 0.6) is 11.5 Å². The van der Waals surface area contributed by atoms with Gasteiger partial charge in [0.05, 0.1) is 12.0 Å². The summed E-state index contributed by atoms with van der Waals surface area (Å²) in [6, 6.07) is 16.0. The van der Waals surface area contributed by atoms with Crippen molar-refractivity contribution < 1.29 is 19.1 Å². The Morgan fingerprint density at radius 3 is 2.41 bits per heavy atom. The van der Waals surface area contributed by atoms with Gasteiger partial charge in [-0.25, -0.2) is 0 Å². The van der Waals surface area contributed by atoms with E-state index in [0.29, 0.717) is 52.0 Å². The highest BCUT2D eigenvalue weighted by atomic mass is 35.5. The van der Waals surface area contributed by atoms with Crippen LogP contribution in [-0.4, -0.2) is 62.1 Å². The molecule has 2 aromatic carbocycles. The maximum absolute atomic E-state index is 13.5. The number of ether oxygens (including phenoxy) is 2. The van der Waals surface area contributed by atoms with Gasteiger partial charge in [-0.2, -0.15) is 0 Å². The fourth-order valence-electron chi connectivity index (χ4n) is 5.09. The van der Waals surface area contributed by atoms with E-state index >= 15 is 0 Å². The number of nitrogens with one attached hydrogen (secondary N) is 2. The van der Waals surface area contributed by atoms with Gasteiger partial charge in [0.2, 0.25) is 5.91 Å². The molecule has 5 rings (SSSR count). The zero-order chi connectivity index (χ0) is 22.7. The predicted molar refractivity (Wildman–Crippen MR) is 131 cm³/mol. The number of amides is 2. The number of hydrogen-bond donors (Lipinski definition) is 2. The molecular weight excluding hydrogens is 454 g/mol. The van der Waals surface area contributed by atoms with Gasteiger partial charge in [-0.1, -0.05) is 24.3 Å². The van der Waals surface area contributed by atoms with Crippen LogP contribution in [0.4, 0.5) is 0 Å². The fourth-order valence-corrected chi connectivity index (χ4v) is 5.09. The molecule has 1 unspecified atom stereocenters. The Hall–Kier alpha value is -2.61. The molecule has 0 aliphatic carbocycles. The molecule has 2 N–H and O–H groups in total. The zero-order valence-electron chi connectivity index (χ0n) is 19.3. The van der Waals surface area contributed by atoms with E-state index in [4.69, 9.17) is 9.47 Å². The largest absolute Gasteiger partial charge is 0.457 e. The van der Waals surface area contributed by atoms with Gasteiger partial charge < -0.3 is 25.0 Å². The van der Waals surface area contributed by atoms with Gasteiger partial charge in [0, 0.05) is 32.7 Å². The zero-order valence-corrected chi connectivity index (χ0v) is 20.1. The molecule has 8 heteroatoms. The van der Waals surface area contributed by atoms with Gasteiger partial charge in [-0.05, 0) is 61.1 Å². The first kappa shape index (κ1) is 24.5. The molecule has 4 bridgehead atoms. The number of piperidine rings is 1. The minimum absolute atomic E-state index is 0. The van der Waals surface area contributed by atoms with Gasteiger partial charge >= 0.3 is 0 Å². The third-order valence-electron chi connectivity index (χ3n) is 6.99. The summed E-state index contributed by atoms with van der Waals surface area (Å²) in [6.45, 7) is 3.57. The van der Waals surface area contributed by atoms with Crippen LogP contribution in [0.1, 0.15) is 24.0 Å². The molecule has 2 saturated heterocycles. The van der Waals surface area contributed by atoms with Crippen LogP contribution < -0.4 is 15.4 Å². The lowest BCUT2D eigenvalue weighted by atomic mass is 9.72. The van der Waals surface area contributed by atoms with E-state index < -0.39 is 11.5 Å². The van der Waals surface area contributed by atoms with Gasteiger partial charge in [-0.15, -0.1) is 12.4 Å². The molecule has 34 heavy (non-hydrogen) atoms. The number of hydrogen-bond acceptors (Lipinski definition) is 5. The lowest BCUT2D eigenvalue weighted by Crippen LogP contribution is -2.55. The van der Waals surface area contributed by atoms with Crippen molar-refractivity contribution in [2.75, 3.05) is 39.3 Å². The van der Waals surface area contributed by atoms with Gasteiger partial charge in [-0.3, -0.25) is 9.59 Å². The van der Waals surface area contributed by atoms with Crippen LogP contribution in [0.3, 0.4) is 0 Å². The molecule has 7 nitrogen and oxygen atoms in total. The molecule has 2 fully saturated rings. The number of benzene rings is 2. The molecule has 182 valence electrons. The first-order valence-electron chi connectivity index (χ1n) is 11.9. The Labute approximate surface area is 206 Å². The molecule has 0 saturated carbocycles. The summed E-state index contributed by atoms with van der Waals surface area (Å²) in [5.41, 5.74) is 1.64. The van der Waals surface area contributed by atoms with Crippen molar-refractivity contribution in [1.29, 1.82) is 0 Å². The first-order valence-corrected chi connectivity index (χ1v) is 11.9. The molecule has 3 heterocycles. The molecule has 0 aromatic heterocycles. The van der Waals surface area contributed by atoms with Crippen LogP contribution in [0, 0.1) is 5.41 Å². The van der Waals surface area contributed by atoms with E-state index in [2.05, 4.69) is 22.8 Å². The van der Waals surface area contributed by atoms with Crippen LogP contribution >= 0.6 is 12.4 Å². The lowest BCUT2D eigenvalue weighted by molar-refractivity contribution is -0.150. The van der Waals surface area contributed by atoms with E-state index in [1.54, 1.807) is 0 Å². The molecule has 3 aliphatic rings. The van der Waals surface area contributed by atoms with E-state index in [-0.39, 0.29) is 24.2 Å². The summed E-state index contributed by atoms with van der Waals surface area (Å²) in [5.74, 6) is 1.67. The quantitative estimate of drug-likeness (QED) is 0.649. The number of morpholine rings is 1. The van der Waals surface area contributed by atoms with Crippen molar-refractivity contribution in [3.63, 3.8) is 0 Å². The maximum atomic E-state index is 13.5. The van der Waals surface area contributed by atoms with Crippen LogP contribution in [0.15, 0.2) is 48.5 Å². The summed E-state index contributed by atoms with van der Waals surface area (Å²) in [4.78, 5) is 28.3. The summed E-state index contributed by atoms with van der Waals surface area (Å²) < 4.78 is 11.8. The Bertz CT molecular complexity index is 1020. The lowest BCUT2D eigenvalue weighted by Gasteiger charge is -2.42. The average molecular weight is 486 g/mol. The molecule has 2 amide bonds. The molecule has 1 spiro atoms. The highest BCUT2D eigenvalue weighted by Gasteiger charge is 2.43.